The second kappa shape index (κ2) is 7.48. The molecule has 0 saturated heterocycles. The third-order valence-corrected chi connectivity index (χ3v) is 4.58. The maximum atomic E-state index is 13.2. The molecule has 0 atom stereocenters. The maximum absolute atomic E-state index is 13.2. The van der Waals surface area contributed by atoms with E-state index in [1.807, 2.05) is 86.6 Å². The smallest absolute Gasteiger partial charge is 0.267 e. The Morgan fingerprint density at radius 2 is 1.61 bits per heavy atom. The van der Waals surface area contributed by atoms with E-state index in [0.29, 0.717) is 16.9 Å². The van der Waals surface area contributed by atoms with E-state index in [0.717, 1.165) is 22.5 Å². The van der Waals surface area contributed by atoms with Gasteiger partial charge in [-0.05, 0) is 43.7 Å². The molecule has 1 aromatic heterocycles. The van der Waals surface area contributed by atoms with Crippen LogP contribution in [-0.4, -0.2) is 15.3 Å². The second-order valence-electron chi connectivity index (χ2n) is 6.60. The molecule has 5 nitrogen and oxygen atoms in total. The van der Waals surface area contributed by atoms with Gasteiger partial charge in [0.2, 0.25) is 5.95 Å². The lowest BCUT2D eigenvalue weighted by molar-refractivity contribution is 0.954. The van der Waals surface area contributed by atoms with Crippen LogP contribution >= 0.6 is 0 Å². The van der Waals surface area contributed by atoms with E-state index in [2.05, 4.69) is 15.5 Å². The summed E-state index contributed by atoms with van der Waals surface area (Å²) >= 11 is 0. The Labute approximate surface area is 163 Å². The number of benzene rings is 3. The van der Waals surface area contributed by atoms with Crippen LogP contribution in [0.25, 0.3) is 16.6 Å². The highest BCUT2D eigenvalue weighted by Crippen LogP contribution is 2.17. The number of hydrogen-bond acceptors (Lipinski definition) is 4. The zero-order valence-electron chi connectivity index (χ0n) is 15.8. The van der Waals surface area contributed by atoms with E-state index in [-0.39, 0.29) is 5.56 Å². The molecule has 1 N–H and O–H groups in total. The van der Waals surface area contributed by atoms with Crippen molar-refractivity contribution in [1.29, 1.82) is 0 Å². The first-order valence-electron chi connectivity index (χ1n) is 9.08. The van der Waals surface area contributed by atoms with Crippen molar-refractivity contribution in [2.24, 2.45) is 5.10 Å². The van der Waals surface area contributed by atoms with E-state index in [4.69, 9.17) is 0 Å². The summed E-state index contributed by atoms with van der Waals surface area (Å²) in [4.78, 5) is 17.8. The van der Waals surface area contributed by atoms with Gasteiger partial charge in [0.25, 0.3) is 5.56 Å². The minimum absolute atomic E-state index is 0.135. The zero-order chi connectivity index (χ0) is 19.5. The molecule has 28 heavy (non-hydrogen) atoms. The van der Waals surface area contributed by atoms with Crippen molar-refractivity contribution in [1.82, 2.24) is 9.55 Å². The number of aromatic nitrogens is 2. The number of aryl methyl sites for hydroxylation is 1. The number of nitrogens with zero attached hydrogens (tertiary/aromatic N) is 3. The van der Waals surface area contributed by atoms with Crippen LogP contribution in [0.3, 0.4) is 0 Å². The number of rotatable bonds is 4. The molecular weight excluding hydrogens is 348 g/mol. The molecule has 138 valence electrons. The highest BCUT2D eigenvalue weighted by Gasteiger charge is 2.12. The fraction of sp³-hybridized carbons (Fsp3) is 0.0870. The monoisotopic (exact) mass is 368 g/mol. The van der Waals surface area contributed by atoms with Crippen molar-refractivity contribution in [2.45, 2.75) is 13.8 Å². The van der Waals surface area contributed by atoms with Crippen molar-refractivity contribution >= 4 is 22.6 Å². The van der Waals surface area contributed by atoms with Gasteiger partial charge in [-0.3, -0.25) is 4.79 Å². The van der Waals surface area contributed by atoms with Gasteiger partial charge in [-0.25, -0.2) is 15.0 Å². The van der Waals surface area contributed by atoms with Crippen LogP contribution < -0.4 is 11.0 Å². The molecule has 0 saturated carbocycles. The molecule has 5 heteroatoms. The molecule has 0 fully saturated rings. The van der Waals surface area contributed by atoms with Gasteiger partial charge in [-0.15, -0.1) is 0 Å². The largest absolute Gasteiger partial charge is 0.268 e. The van der Waals surface area contributed by atoms with Gasteiger partial charge in [0.05, 0.1) is 22.3 Å². The van der Waals surface area contributed by atoms with Crippen molar-refractivity contribution in [3.8, 4) is 5.69 Å². The van der Waals surface area contributed by atoms with Crippen molar-refractivity contribution in [3.63, 3.8) is 0 Å². The maximum Gasteiger partial charge on any atom is 0.267 e. The van der Waals surface area contributed by atoms with Gasteiger partial charge in [0.1, 0.15) is 0 Å². The molecule has 0 aliphatic rings. The lowest BCUT2D eigenvalue weighted by Crippen LogP contribution is -2.23. The summed E-state index contributed by atoms with van der Waals surface area (Å²) in [6, 6.07) is 25.0. The first kappa shape index (κ1) is 17.7. The first-order valence-corrected chi connectivity index (χ1v) is 9.08. The van der Waals surface area contributed by atoms with Crippen molar-refractivity contribution in [2.75, 3.05) is 5.43 Å². The van der Waals surface area contributed by atoms with E-state index in [1.54, 1.807) is 10.6 Å². The van der Waals surface area contributed by atoms with E-state index < -0.39 is 0 Å². The molecule has 4 aromatic rings. The minimum Gasteiger partial charge on any atom is -0.268 e. The number of hydrogen-bond donors (Lipinski definition) is 1. The topological polar surface area (TPSA) is 59.3 Å². The average Bonchev–Trinajstić information content (AvgIpc) is 2.74. The van der Waals surface area contributed by atoms with Gasteiger partial charge < -0.3 is 0 Å². The third-order valence-electron chi connectivity index (χ3n) is 4.58. The number of hydrazone groups is 1. The van der Waals surface area contributed by atoms with Crippen molar-refractivity contribution in [3.05, 3.63) is 100 Å². The molecule has 0 aliphatic carbocycles. The highest BCUT2D eigenvalue weighted by molar-refractivity contribution is 5.99. The predicted octanol–water partition coefficient (Wildman–Crippen LogP) is 4.53. The summed E-state index contributed by atoms with van der Waals surface area (Å²) in [5.74, 6) is 0.378. The summed E-state index contributed by atoms with van der Waals surface area (Å²) in [6.07, 6.45) is 0. The van der Waals surface area contributed by atoms with Crippen LogP contribution in [-0.2, 0) is 0 Å². The van der Waals surface area contributed by atoms with Crippen molar-refractivity contribution < 1.29 is 0 Å². The molecule has 4 rings (SSSR count). The van der Waals surface area contributed by atoms with Crippen LogP contribution in [0.2, 0.25) is 0 Å². The SMILES string of the molecule is C/C(=N\Nc1nc2ccccc2c(=O)n1-c1ccc(C)cc1)c1ccccc1. The van der Waals surface area contributed by atoms with Crippen LogP contribution in [0.15, 0.2) is 88.8 Å². The lowest BCUT2D eigenvalue weighted by Gasteiger charge is -2.13. The standard InChI is InChI=1S/C23H20N4O/c1-16-12-14-19(15-13-16)27-22(28)20-10-6-7-11-21(20)24-23(27)26-25-17(2)18-8-4-3-5-9-18/h3-15H,1-2H3,(H,24,26)/b25-17+. The van der Waals surface area contributed by atoms with Gasteiger partial charge in [-0.1, -0.05) is 60.2 Å². The summed E-state index contributed by atoms with van der Waals surface area (Å²) in [7, 11) is 0. The van der Waals surface area contributed by atoms with E-state index in [1.165, 1.54) is 0 Å². The Morgan fingerprint density at radius 3 is 2.36 bits per heavy atom. The highest BCUT2D eigenvalue weighted by atomic mass is 16.1. The summed E-state index contributed by atoms with van der Waals surface area (Å²) in [5.41, 5.74) is 7.16. The molecule has 3 aromatic carbocycles. The fourth-order valence-electron chi connectivity index (χ4n) is 3.02. The average molecular weight is 368 g/mol. The quantitative estimate of drug-likeness (QED) is 0.425. The van der Waals surface area contributed by atoms with E-state index >= 15 is 0 Å². The molecule has 0 unspecified atom stereocenters. The fourth-order valence-corrected chi connectivity index (χ4v) is 3.02. The summed E-state index contributed by atoms with van der Waals surface area (Å²) < 4.78 is 1.56. The number of fused-ring (bicyclic) bond motifs is 1. The summed E-state index contributed by atoms with van der Waals surface area (Å²) in [5, 5.41) is 5.03. The first-order chi connectivity index (χ1) is 13.6. The molecular formula is C23H20N4O. The molecule has 1 heterocycles. The van der Waals surface area contributed by atoms with Gasteiger partial charge >= 0.3 is 0 Å². The molecule has 0 bridgehead atoms. The number of nitrogens with one attached hydrogen (secondary N) is 1. The van der Waals surface area contributed by atoms with Crippen LogP contribution in [0.1, 0.15) is 18.1 Å². The number of anilines is 1. The molecule has 0 aliphatic heterocycles. The normalized spacial score (nSPS) is 11.6. The Bertz CT molecular complexity index is 1210. The van der Waals surface area contributed by atoms with Gasteiger partial charge in [0.15, 0.2) is 0 Å². The Morgan fingerprint density at radius 1 is 0.929 bits per heavy atom. The van der Waals surface area contributed by atoms with Crippen LogP contribution in [0, 0.1) is 6.92 Å². The lowest BCUT2D eigenvalue weighted by atomic mass is 10.1. The number of para-hydroxylation sites is 1. The Hall–Kier alpha value is -3.73. The van der Waals surface area contributed by atoms with Crippen LogP contribution in [0.4, 0.5) is 5.95 Å². The zero-order valence-corrected chi connectivity index (χ0v) is 15.8. The molecule has 0 radical (unpaired) electrons. The van der Waals surface area contributed by atoms with Crippen LogP contribution in [0.5, 0.6) is 0 Å². The molecule has 0 amide bonds. The Balaban J connectivity index is 1.85. The van der Waals surface area contributed by atoms with Gasteiger partial charge in [0, 0.05) is 0 Å². The molecule has 0 spiro atoms. The van der Waals surface area contributed by atoms with E-state index in [9.17, 15) is 4.79 Å². The minimum atomic E-state index is -0.135. The predicted molar refractivity (Wildman–Crippen MR) is 114 cm³/mol. The Kier molecular flexibility index (Phi) is 4.72. The van der Waals surface area contributed by atoms with Gasteiger partial charge in [-0.2, -0.15) is 5.10 Å². The second-order valence-corrected chi connectivity index (χ2v) is 6.60. The summed E-state index contributed by atoms with van der Waals surface area (Å²) in [6.45, 7) is 3.93. The third kappa shape index (κ3) is 3.42.